The molecule has 0 unspecified atom stereocenters. The molecule has 0 saturated carbocycles. The van der Waals surface area contributed by atoms with Crippen molar-refractivity contribution in [1.82, 2.24) is 10.6 Å². The van der Waals surface area contributed by atoms with Gasteiger partial charge in [0.25, 0.3) is 0 Å². The van der Waals surface area contributed by atoms with E-state index in [-0.39, 0.29) is 0 Å². The highest BCUT2D eigenvalue weighted by atomic mass is 15.1. The molecule has 1 heterocycles. The lowest BCUT2D eigenvalue weighted by atomic mass is 9.68. The smallest absolute Gasteiger partial charge is 0.0201 e. The fraction of sp³-hybridized carbons (Fsp3) is 1.00. The first kappa shape index (κ1) is 48.9. The molecule has 0 atom stereocenters. The molecule has 0 aliphatic carbocycles. The van der Waals surface area contributed by atoms with E-state index in [1.807, 2.05) is 0 Å². The molecule has 1 aliphatic heterocycles. The Kier molecular flexibility index (Phi) is 34.2. The third-order valence-electron chi connectivity index (χ3n) is 12.8. The molecule has 1 fully saturated rings. The molecule has 1 aliphatic rings. The van der Waals surface area contributed by atoms with Crippen LogP contribution in [0.3, 0.4) is 0 Å². The Bertz CT molecular complexity index is 596. The summed E-state index contributed by atoms with van der Waals surface area (Å²) in [6, 6.07) is 0.698. The number of piperidine rings is 1. The summed E-state index contributed by atoms with van der Waals surface area (Å²) in [6.45, 7) is 13.0. The van der Waals surface area contributed by atoms with E-state index >= 15 is 0 Å². The summed E-state index contributed by atoms with van der Waals surface area (Å²) in [5.74, 6) is 0. The summed E-state index contributed by atoms with van der Waals surface area (Å²) in [7, 11) is 0. The zero-order valence-corrected chi connectivity index (χ0v) is 36.6. The Labute approximate surface area is 324 Å². The predicted octanol–water partition coefficient (Wildman–Crippen LogP) is 16.7. The van der Waals surface area contributed by atoms with E-state index < -0.39 is 0 Å². The topological polar surface area (TPSA) is 24.1 Å². The van der Waals surface area contributed by atoms with Crippen LogP contribution in [-0.2, 0) is 0 Å². The predicted molar refractivity (Wildman–Crippen MR) is 233 cm³/mol. The first-order valence-electron chi connectivity index (χ1n) is 24.6. The number of unbranched alkanes of at least 4 members (excludes halogenated alkanes) is 29. The van der Waals surface area contributed by atoms with Gasteiger partial charge in [-0.2, -0.15) is 0 Å². The largest absolute Gasteiger partial charge is 0.314 e. The lowest BCUT2D eigenvalue weighted by Gasteiger charge is -2.54. The molecule has 0 spiro atoms. The van der Waals surface area contributed by atoms with Gasteiger partial charge in [-0.25, -0.2) is 0 Å². The fourth-order valence-electron chi connectivity index (χ4n) is 9.60. The summed E-state index contributed by atoms with van der Waals surface area (Å²) in [5, 5.41) is 8.95. The molecule has 51 heavy (non-hydrogen) atoms. The van der Waals surface area contributed by atoms with Crippen molar-refractivity contribution in [3.8, 4) is 0 Å². The number of nitrogens with one attached hydrogen (secondary N) is 2. The van der Waals surface area contributed by atoms with Crippen LogP contribution in [0.15, 0.2) is 0 Å². The third-order valence-corrected chi connectivity index (χ3v) is 12.8. The minimum absolute atomic E-state index is 0.340. The zero-order chi connectivity index (χ0) is 37.0. The van der Waals surface area contributed by atoms with Crippen LogP contribution in [0.2, 0.25) is 0 Å². The van der Waals surface area contributed by atoms with Crippen LogP contribution in [0.1, 0.15) is 291 Å². The van der Waals surface area contributed by atoms with Gasteiger partial charge in [0, 0.05) is 17.1 Å². The Morgan fingerprint density at radius 2 is 0.569 bits per heavy atom. The summed E-state index contributed by atoms with van der Waals surface area (Å²) < 4.78 is 0. The van der Waals surface area contributed by atoms with Crippen LogP contribution < -0.4 is 10.6 Å². The molecule has 0 aromatic carbocycles. The lowest BCUT2D eigenvalue weighted by molar-refractivity contribution is 0.0640. The van der Waals surface area contributed by atoms with E-state index in [4.69, 9.17) is 5.32 Å². The average molecular weight is 717 g/mol. The van der Waals surface area contributed by atoms with Crippen molar-refractivity contribution in [3.05, 3.63) is 0 Å². The Morgan fingerprint density at radius 1 is 0.333 bits per heavy atom. The number of hydrogen-bond acceptors (Lipinski definition) is 2. The van der Waals surface area contributed by atoms with E-state index in [1.165, 1.54) is 263 Å². The van der Waals surface area contributed by atoms with Gasteiger partial charge in [-0.05, 0) is 51.5 Å². The molecule has 1 saturated heterocycles. The first-order valence-corrected chi connectivity index (χ1v) is 24.6. The maximum Gasteiger partial charge on any atom is 0.0201 e. The van der Waals surface area contributed by atoms with Gasteiger partial charge >= 0.3 is 0 Å². The molecule has 2 nitrogen and oxygen atoms in total. The molecule has 1 rings (SSSR count). The van der Waals surface area contributed by atoms with Crippen molar-refractivity contribution in [2.45, 2.75) is 309 Å². The van der Waals surface area contributed by atoms with Crippen LogP contribution in [-0.4, -0.2) is 23.7 Å². The van der Waals surface area contributed by atoms with Crippen LogP contribution in [0.25, 0.3) is 0 Å². The number of hydrogen-bond donors (Lipinski definition) is 2. The van der Waals surface area contributed by atoms with Gasteiger partial charge in [0.1, 0.15) is 0 Å². The van der Waals surface area contributed by atoms with Crippen molar-refractivity contribution in [3.63, 3.8) is 0 Å². The Hall–Kier alpha value is -0.0800. The SMILES string of the molecule is CCCCCCCCCCC1(CCCCCCCCCC)CC(NCCCC)CC(CCCCCCCCCC)(CCCCCCCCCC)N1. The molecule has 0 radical (unpaired) electrons. The standard InChI is InChI=1S/C49H100N2/c1-6-11-16-20-24-28-32-36-40-48(41-37-33-29-25-21-17-12-7-2)45-47(50-44-15-10-5)46-49(51-48,42-38-34-30-26-22-18-13-8-3)43-39-35-31-27-23-19-14-9-4/h47,50-51H,6-46H2,1-5H3. The quantitative estimate of drug-likeness (QED) is 0.0617. The molecule has 306 valence electrons. The molecule has 0 aromatic heterocycles. The van der Waals surface area contributed by atoms with Crippen molar-refractivity contribution in [2.75, 3.05) is 6.54 Å². The zero-order valence-electron chi connectivity index (χ0n) is 36.6. The van der Waals surface area contributed by atoms with E-state index in [2.05, 4.69) is 39.9 Å². The summed E-state index contributed by atoms with van der Waals surface area (Å²) in [4.78, 5) is 0. The maximum atomic E-state index is 4.74. The monoisotopic (exact) mass is 717 g/mol. The molecule has 0 bridgehead atoms. The fourth-order valence-corrected chi connectivity index (χ4v) is 9.60. The molecule has 2 N–H and O–H groups in total. The second kappa shape index (κ2) is 35.6. The van der Waals surface area contributed by atoms with Crippen molar-refractivity contribution < 1.29 is 0 Å². The van der Waals surface area contributed by atoms with Crippen LogP contribution in [0.4, 0.5) is 0 Å². The van der Waals surface area contributed by atoms with Crippen molar-refractivity contribution in [2.24, 2.45) is 0 Å². The van der Waals surface area contributed by atoms with Gasteiger partial charge in [0.05, 0.1) is 0 Å². The second-order valence-corrected chi connectivity index (χ2v) is 18.0. The highest BCUT2D eigenvalue weighted by molar-refractivity contribution is 5.07. The first-order chi connectivity index (χ1) is 25.1. The van der Waals surface area contributed by atoms with Crippen molar-refractivity contribution >= 4 is 0 Å². The highest BCUT2D eigenvalue weighted by Gasteiger charge is 2.46. The van der Waals surface area contributed by atoms with E-state index in [0.29, 0.717) is 17.1 Å². The van der Waals surface area contributed by atoms with Gasteiger partial charge < -0.3 is 10.6 Å². The summed E-state index contributed by atoms with van der Waals surface area (Å²) in [6.07, 6.45) is 57.0. The van der Waals surface area contributed by atoms with Crippen LogP contribution in [0.5, 0.6) is 0 Å². The van der Waals surface area contributed by atoms with Crippen molar-refractivity contribution in [1.29, 1.82) is 0 Å². The minimum Gasteiger partial charge on any atom is -0.314 e. The van der Waals surface area contributed by atoms with E-state index in [9.17, 15) is 0 Å². The van der Waals surface area contributed by atoms with Crippen LogP contribution in [0, 0.1) is 0 Å². The van der Waals surface area contributed by atoms with Gasteiger partial charge in [-0.3, -0.25) is 0 Å². The van der Waals surface area contributed by atoms with Gasteiger partial charge in [0.2, 0.25) is 0 Å². The molecular weight excluding hydrogens is 617 g/mol. The second-order valence-electron chi connectivity index (χ2n) is 18.0. The molecule has 2 heteroatoms. The van der Waals surface area contributed by atoms with E-state index in [1.54, 1.807) is 0 Å². The highest BCUT2D eigenvalue weighted by Crippen LogP contribution is 2.41. The van der Waals surface area contributed by atoms with Gasteiger partial charge in [-0.15, -0.1) is 0 Å². The van der Waals surface area contributed by atoms with Gasteiger partial charge in [0.15, 0.2) is 0 Å². The molecular formula is C49H100N2. The Balaban J connectivity index is 3.06. The maximum absolute atomic E-state index is 4.74. The van der Waals surface area contributed by atoms with Crippen LogP contribution >= 0.6 is 0 Å². The molecule has 0 amide bonds. The normalized spacial score (nSPS) is 15.9. The third kappa shape index (κ3) is 27.2. The number of rotatable bonds is 40. The van der Waals surface area contributed by atoms with E-state index in [0.717, 1.165) is 0 Å². The minimum atomic E-state index is 0.340. The Morgan fingerprint density at radius 3 is 0.824 bits per heavy atom. The average Bonchev–Trinajstić information content (AvgIpc) is 3.13. The van der Waals surface area contributed by atoms with Gasteiger partial charge in [-0.1, -0.05) is 247 Å². The molecule has 0 aromatic rings. The summed E-state index contributed by atoms with van der Waals surface area (Å²) >= 11 is 0. The summed E-state index contributed by atoms with van der Waals surface area (Å²) in [5.41, 5.74) is 0.680. The lowest BCUT2D eigenvalue weighted by Crippen LogP contribution is -2.66.